The lowest BCUT2D eigenvalue weighted by Gasteiger charge is -2.24. The fourth-order valence-corrected chi connectivity index (χ4v) is 5.33. The lowest BCUT2D eigenvalue weighted by molar-refractivity contribution is 0.102. The van der Waals surface area contributed by atoms with Crippen molar-refractivity contribution in [1.29, 1.82) is 0 Å². The van der Waals surface area contributed by atoms with Gasteiger partial charge in [0.2, 0.25) is 10.0 Å². The Morgan fingerprint density at radius 3 is 2.44 bits per heavy atom. The van der Waals surface area contributed by atoms with E-state index in [1.165, 1.54) is 7.11 Å². The Morgan fingerprint density at radius 2 is 1.80 bits per heavy atom. The number of hydrogen-bond donors (Lipinski definition) is 2. The third kappa shape index (κ3) is 5.97. The van der Waals surface area contributed by atoms with Crippen LogP contribution in [0.1, 0.15) is 67.0 Å². The zero-order valence-electron chi connectivity index (χ0n) is 24.3. The number of imidazole rings is 1. The summed E-state index contributed by atoms with van der Waals surface area (Å²) in [5.74, 6) is 0.782. The highest BCUT2D eigenvalue weighted by molar-refractivity contribution is 7.92. The molecule has 2 aromatic heterocycles. The van der Waals surface area contributed by atoms with E-state index in [1.807, 2.05) is 53.1 Å². The van der Waals surface area contributed by atoms with Crippen molar-refractivity contribution in [2.24, 2.45) is 0 Å². The number of hydrogen-bond acceptors (Lipinski definition) is 7. The van der Waals surface area contributed by atoms with Crippen LogP contribution in [0.3, 0.4) is 0 Å². The van der Waals surface area contributed by atoms with Crippen LogP contribution in [-0.2, 0) is 15.4 Å². The van der Waals surface area contributed by atoms with Gasteiger partial charge in [-0.1, -0.05) is 32.1 Å². The van der Waals surface area contributed by atoms with Crippen molar-refractivity contribution in [2.45, 2.75) is 58.9 Å². The second-order valence-electron chi connectivity index (χ2n) is 11.5. The normalized spacial score (nSPS) is 13.7. The van der Waals surface area contributed by atoms with Gasteiger partial charge in [0, 0.05) is 11.6 Å². The summed E-state index contributed by atoms with van der Waals surface area (Å²) in [6.45, 7) is 9.94. The van der Waals surface area contributed by atoms with Crippen LogP contribution >= 0.6 is 0 Å². The van der Waals surface area contributed by atoms with E-state index in [9.17, 15) is 13.2 Å². The number of carbonyl (C=O) groups is 1. The molecular formula is C29H35N7O4S. The molecule has 2 aromatic carbocycles. The summed E-state index contributed by atoms with van der Waals surface area (Å²) >= 11 is 0. The van der Waals surface area contributed by atoms with E-state index in [1.54, 1.807) is 28.9 Å². The van der Waals surface area contributed by atoms with E-state index < -0.39 is 10.0 Å². The zero-order valence-corrected chi connectivity index (χ0v) is 25.1. The number of aryl methyl sites for hydroxylation is 2. The SMILES string of the molecule is COc1c(NC(=O)c2ccc(C)c(-n3cc(-c4cnc(C)n4C4CC4)nn3)c2)cc(C(C)(C)C)cc1NS(C)(=O)=O. The molecule has 1 aliphatic rings. The average Bonchev–Trinajstić information content (AvgIpc) is 3.46. The first kappa shape index (κ1) is 28.3. The molecule has 5 rings (SSSR count). The van der Waals surface area contributed by atoms with Gasteiger partial charge in [-0.3, -0.25) is 9.52 Å². The molecule has 1 fully saturated rings. The van der Waals surface area contributed by atoms with Gasteiger partial charge in [-0.15, -0.1) is 5.10 Å². The molecule has 4 aromatic rings. The highest BCUT2D eigenvalue weighted by Gasteiger charge is 2.28. The summed E-state index contributed by atoms with van der Waals surface area (Å²) < 4.78 is 36.1. The number of carbonyl (C=O) groups excluding carboxylic acids is 1. The van der Waals surface area contributed by atoms with E-state index in [-0.39, 0.29) is 22.8 Å². The second kappa shape index (κ2) is 10.3. The number of aromatic nitrogens is 5. The van der Waals surface area contributed by atoms with Gasteiger partial charge in [0.1, 0.15) is 11.5 Å². The number of anilines is 2. The molecule has 12 heteroatoms. The lowest BCUT2D eigenvalue weighted by Crippen LogP contribution is -2.18. The van der Waals surface area contributed by atoms with E-state index in [0.717, 1.165) is 41.7 Å². The molecule has 41 heavy (non-hydrogen) atoms. The highest BCUT2D eigenvalue weighted by atomic mass is 32.2. The lowest BCUT2D eigenvalue weighted by atomic mass is 9.86. The smallest absolute Gasteiger partial charge is 0.255 e. The number of rotatable bonds is 8. The van der Waals surface area contributed by atoms with E-state index in [4.69, 9.17) is 4.74 Å². The topological polar surface area (TPSA) is 133 Å². The minimum absolute atomic E-state index is 0.215. The molecule has 11 nitrogen and oxygen atoms in total. The van der Waals surface area contributed by atoms with Crippen molar-refractivity contribution in [3.8, 4) is 22.8 Å². The van der Waals surface area contributed by atoms with Crippen LogP contribution in [0.4, 0.5) is 11.4 Å². The maximum atomic E-state index is 13.5. The number of benzene rings is 2. The first-order chi connectivity index (χ1) is 19.2. The first-order valence-corrected chi connectivity index (χ1v) is 15.2. The van der Waals surface area contributed by atoms with Crippen molar-refractivity contribution in [2.75, 3.05) is 23.4 Å². The maximum Gasteiger partial charge on any atom is 0.255 e. The fourth-order valence-electron chi connectivity index (χ4n) is 4.78. The summed E-state index contributed by atoms with van der Waals surface area (Å²) in [4.78, 5) is 18.0. The predicted octanol–water partition coefficient (Wildman–Crippen LogP) is 5.01. The van der Waals surface area contributed by atoms with Crippen molar-refractivity contribution < 1.29 is 17.9 Å². The van der Waals surface area contributed by atoms with Gasteiger partial charge < -0.3 is 14.6 Å². The van der Waals surface area contributed by atoms with E-state index in [0.29, 0.717) is 28.7 Å². The highest BCUT2D eigenvalue weighted by Crippen LogP contribution is 2.40. The third-order valence-electron chi connectivity index (χ3n) is 7.07. The Hall–Kier alpha value is -4.19. The van der Waals surface area contributed by atoms with Crippen LogP contribution in [0.15, 0.2) is 42.7 Å². The van der Waals surface area contributed by atoms with Crippen LogP contribution < -0.4 is 14.8 Å². The molecule has 2 heterocycles. The number of nitrogens with zero attached hydrogens (tertiary/aromatic N) is 5. The molecule has 0 saturated heterocycles. The molecular weight excluding hydrogens is 542 g/mol. The van der Waals surface area contributed by atoms with Crippen LogP contribution in [-0.4, -0.2) is 52.2 Å². The average molecular weight is 578 g/mol. The van der Waals surface area contributed by atoms with Gasteiger partial charge in [-0.05, 0) is 67.5 Å². The largest absolute Gasteiger partial charge is 0.492 e. The molecule has 1 saturated carbocycles. The molecule has 0 spiro atoms. The van der Waals surface area contributed by atoms with Crippen LogP contribution in [0, 0.1) is 13.8 Å². The van der Waals surface area contributed by atoms with Gasteiger partial charge in [0.15, 0.2) is 5.75 Å². The number of sulfonamides is 1. The molecule has 1 aliphatic carbocycles. The maximum absolute atomic E-state index is 13.5. The summed E-state index contributed by atoms with van der Waals surface area (Å²) in [6, 6.07) is 9.31. The summed E-state index contributed by atoms with van der Waals surface area (Å²) in [6.07, 6.45) is 7.00. The fraction of sp³-hybridized carbons (Fsp3) is 0.379. The van der Waals surface area contributed by atoms with Crippen molar-refractivity contribution in [3.63, 3.8) is 0 Å². The minimum Gasteiger partial charge on any atom is -0.492 e. The second-order valence-corrected chi connectivity index (χ2v) is 13.3. The molecule has 1 amide bonds. The number of ether oxygens (including phenoxy) is 1. The van der Waals surface area contributed by atoms with Crippen LogP contribution in [0.5, 0.6) is 5.75 Å². The summed E-state index contributed by atoms with van der Waals surface area (Å²) in [5, 5.41) is 11.7. The molecule has 0 atom stereocenters. The van der Waals surface area contributed by atoms with Gasteiger partial charge in [-0.25, -0.2) is 18.1 Å². The Labute approximate surface area is 240 Å². The van der Waals surface area contributed by atoms with Crippen molar-refractivity contribution in [3.05, 3.63) is 65.2 Å². The number of amides is 1. The van der Waals surface area contributed by atoms with Crippen LogP contribution in [0.25, 0.3) is 17.1 Å². The summed E-state index contributed by atoms with van der Waals surface area (Å²) in [7, 11) is -2.17. The molecule has 2 N–H and O–H groups in total. The Kier molecular flexibility index (Phi) is 7.14. The third-order valence-corrected chi connectivity index (χ3v) is 7.66. The van der Waals surface area contributed by atoms with Gasteiger partial charge in [0.05, 0.1) is 48.5 Å². The number of nitrogens with one attached hydrogen (secondary N) is 2. The Bertz CT molecular complexity index is 1740. The van der Waals surface area contributed by atoms with Gasteiger partial charge >= 0.3 is 0 Å². The van der Waals surface area contributed by atoms with Crippen molar-refractivity contribution in [1.82, 2.24) is 24.5 Å². The van der Waals surface area contributed by atoms with E-state index >= 15 is 0 Å². The van der Waals surface area contributed by atoms with Gasteiger partial charge in [-0.2, -0.15) is 0 Å². The minimum atomic E-state index is -3.60. The number of methoxy groups -OCH3 is 1. The molecule has 0 unspecified atom stereocenters. The van der Waals surface area contributed by atoms with Crippen molar-refractivity contribution >= 4 is 27.3 Å². The summed E-state index contributed by atoms with van der Waals surface area (Å²) in [5.41, 5.74) is 4.74. The zero-order chi connectivity index (χ0) is 29.7. The van der Waals surface area contributed by atoms with Crippen LogP contribution in [0.2, 0.25) is 0 Å². The first-order valence-electron chi connectivity index (χ1n) is 13.3. The monoisotopic (exact) mass is 577 g/mol. The van der Waals surface area contributed by atoms with E-state index in [2.05, 4.69) is 29.9 Å². The molecule has 0 bridgehead atoms. The predicted molar refractivity (Wildman–Crippen MR) is 158 cm³/mol. The quantitative estimate of drug-likeness (QED) is 0.301. The van der Waals surface area contributed by atoms with Gasteiger partial charge in [0.25, 0.3) is 5.91 Å². The molecule has 0 radical (unpaired) electrons. The Balaban J connectivity index is 1.48. The Morgan fingerprint density at radius 1 is 1.10 bits per heavy atom. The molecule has 216 valence electrons. The standard InChI is InChI=1S/C29H35N7O4S/c1-17-8-9-19(12-25(17)35-16-24(32-34-35)26-15-30-18(2)36(26)21-10-11-21)28(37)31-22-13-20(29(3,4)5)14-23(27(22)40-6)33-41(7,38)39/h8-9,12-16,21,33H,10-11H2,1-7H3,(H,31,37). The molecule has 0 aliphatic heterocycles.